The molecular weight excluding hydrogens is 427 g/mol. The molecule has 1 atom stereocenters. The summed E-state index contributed by atoms with van der Waals surface area (Å²) < 4.78 is 41.3. The second-order valence-electron chi connectivity index (χ2n) is 8.24. The molecule has 3 rings (SSSR count). The minimum atomic E-state index is -3.69. The largest absolute Gasteiger partial charge is 0.355 e. The van der Waals surface area contributed by atoms with Crippen molar-refractivity contribution in [1.29, 1.82) is 0 Å². The normalized spacial score (nSPS) is 18.2. The van der Waals surface area contributed by atoms with Crippen LogP contribution >= 0.6 is 11.6 Å². The lowest BCUT2D eigenvalue weighted by atomic mass is 9.84. The lowest BCUT2D eigenvalue weighted by Gasteiger charge is -2.32. The van der Waals surface area contributed by atoms with Crippen LogP contribution in [0.1, 0.15) is 32.3 Å². The molecule has 0 spiro atoms. The van der Waals surface area contributed by atoms with E-state index in [2.05, 4.69) is 5.32 Å². The summed E-state index contributed by atoms with van der Waals surface area (Å²) >= 11 is 5.85. The topological polar surface area (TPSA) is 66.5 Å². The lowest BCUT2D eigenvalue weighted by molar-refractivity contribution is -0.126. The van der Waals surface area contributed by atoms with Crippen LogP contribution in [-0.2, 0) is 20.2 Å². The molecule has 0 aromatic heterocycles. The number of carbonyl (C=O) groups excluding carboxylic acids is 1. The molecule has 0 saturated carbocycles. The number of benzene rings is 2. The van der Waals surface area contributed by atoms with Gasteiger partial charge in [-0.15, -0.1) is 0 Å². The Morgan fingerprint density at radius 2 is 1.87 bits per heavy atom. The zero-order valence-electron chi connectivity index (χ0n) is 17.1. The second-order valence-corrected chi connectivity index (χ2v) is 10.6. The first-order chi connectivity index (χ1) is 14.1. The molecule has 1 amide bonds. The van der Waals surface area contributed by atoms with E-state index in [9.17, 15) is 17.6 Å². The summed E-state index contributed by atoms with van der Waals surface area (Å²) in [6, 6.07) is 12.5. The standard InChI is InChI=1S/C22H26ClFN2O3S/c1-22(2,19-7-3-4-8-20(19)24)15-25-21(27)16-6-5-13-26(14-16)30(28,29)18-11-9-17(23)10-12-18/h3-4,7-12,16H,5-6,13-15H2,1-2H3,(H,25,27). The predicted octanol–water partition coefficient (Wildman–Crippen LogP) is 3.97. The van der Waals surface area contributed by atoms with Crippen LogP contribution in [-0.4, -0.2) is 38.3 Å². The summed E-state index contributed by atoms with van der Waals surface area (Å²) in [5, 5.41) is 3.35. The number of nitrogens with zero attached hydrogens (tertiary/aromatic N) is 1. The number of piperidine rings is 1. The van der Waals surface area contributed by atoms with Gasteiger partial charge in [0.1, 0.15) is 5.82 Å². The van der Waals surface area contributed by atoms with Crippen molar-refractivity contribution in [3.8, 4) is 0 Å². The number of hydrogen-bond acceptors (Lipinski definition) is 3. The molecule has 0 radical (unpaired) electrons. The molecule has 162 valence electrons. The van der Waals surface area contributed by atoms with Crippen LogP contribution in [0.25, 0.3) is 0 Å². The van der Waals surface area contributed by atoms with Crippen LogP contribution in [0.5, 0.6) is 0 Å². The van der Waals surface area contributed by atoms with Gasteiger partial charge in [-0.3, -0.25) is 4.79 Å². The zero-order chi connectivity index (χ0) is 21.9. The highest BCUT2D eigenvalue weighted by Gasteiger charge is 2.34. The number of sulfonamides is 1. The molecule has 8 heteroatoms. The van der Waals surface area contributed by atoms with Gasteiger partial charge in [0.2, 0.25) is 15.9 Å². The third kappa shape index (κ3) is 5.02. The van der Waals surface area contributed by atoms with Crippen molar-refractivity contribution in [3.05, 3.63) is 64.9 Å². The minimum absolute atomic E-state index is 0.122. The molecule has 0 aliphatic carbocycles. The molecule has 1 N–H and O–H groups in total. The zero-order valence-corrected chi connectivity index (χ0v) is 18.6. The van der Waals surface area contributed by atoms with E-state index in [0.717, 1.165) is 0 Å². The second kappa shape index (κ2) is 9.04. The highest BCUT2D eigenvalue weighted by Crippen LogP contribution is 2.27. The van der Waals surface area contributed by atoms with Gasteiger partial charge >= 0.3 is 0 Å². The van der Waals surface area contributed by atoms with Crippen molar-refractivity contribution in [2.45, 2.75) is 37.0 Å². The minimum Gasteiger partial charge on any atom is -0.355 e. The van der Waals surface area contributed by atoms with E-state index in [1.54, 1.807) is 18.2 Å². The molecule has 2 aromatic carbocycles. The molecule has 30 heavy (non-hydrogen) atoms. The van der Waals surface area contributed by atoms with Gasteiger partial charge < -0.3 is 5.32 Å². The summed E-state index contributed by atoms with van der Waals surface area (Å²) in [6.07, 6.45) is 1.21. The maximum atomic E-state index is 14.1. The summed E-state index contributed by atoms with van der Waals surface area (Å²) in [4.78, 5) is 12.9. The smallest absolute Gasteiger partial charge is 0.243 e. The summed E-state index contributed by atoms with van der Waals surface area (Å²) in [5.74, 6) is -0.970. The Hall–Kier alpha value is -1.96. The van der Waals surface area contributed by atoms with E-state index in [4.69, 9.17) is 11.6 Å². The summed E-state index contributed by atoms with van der Waals surface area (Å²) in [5.41, 5.74) is -0.0639. The van der Waals surface area contributed by atoms with E-state index in [1.807, 2.05) is 13.8 Å². The van der Waals surface area contributed by atoms with Crippen molar-refractivity contribution < 1.29 is 17.6 Å². The SMILES string of the molecule is CC(C)(CNC(=O)C1CCCN(S(=O)(=O)c2ccc(Cl)cc2)C1)c1ccccc1F. The number of nitrogens with one attached hydrogen (secondary N) is 1. The third-order valence-electron chi connectivity index (χ3n) is 5.51. The Morgan fingerprint density at radius 3 is 2.53 bits per heavy atom. The molecule has 5 nitrogen and oxygen atoms in total. The first-order valence-corrected chi connectivity index (χ1v) is 11.7. The molecular formula is C22H26ClFN2O3S. The van der Waals surface area contributed by atoms with Crippen LogP contribution in [0.3, 0.4) is 0 Å². The number of amides is 1. The van der Waals surface area contributed by atoms with Gasteiger partial charge in [-0.05, 0) is 48.7 Å². The first-order valence-electron chi connectivity index (χ1n) is 9.90. The van der Waals surface area contributed by atoms with E-state index in [0.29, 0.717) is 30.0 Å². The number of hydrogen-bond donors (Lipinski definition) is 1. The Morgan fingerprint density at radius 1 is 1.20 bits per heavy atom. The highest BCUT2D eigenvalue weighted by molar-refractivity contribution is 7.89. The Balaban J connectivity index is 1.66. The average molecular weight is 453 g/mol. The fourth-order valence-corrected chi connectivity index (χ4v) is 5.34. The van der Waals surface area contributed by atoms with Crippen molar-refractivity contribution >= 4 is 27.5 Å². The molecule has 1 heterocycles. The monoisotopic (exact) mass is 452 g/mol. The molecule has 1 unspecified atom stereocenters. The van der Waals surface area contributed by atoms with Crippen LogP contribution < -0.4 is 5.32 Å². The molecule has 0 bridgehead atoms. The van der Waals surface area contributed by atoms with Gasteiger partial charge in [-0.2, -0.15) is 4.31 Å². The van der Waals surface area contributed by atoms with Crippen LogP contribution in [0, 0.1) is 11.7 Å². The Labute approximate surface area is 182 Å². The van der Waals surface area contributed by atoms with Crippen molar-refractivity contribution in [1.82, 2.24) is 9.62 Å². The molecule has 1 fully saturated rings. The highest BCUT2D eigenvalue weighted by atomic mass is 35.5. The molecule has 1 saturated heterocycles. The van der Waals surface area contributed by atoms with Gasteiger partial charge in [-0.1, -0.05) is 43.6 Å². The number of halogens is 2. The quantitative estimate of drug-likeness (QED) is 0.721. The maximum absolute atomic E-state index is 14.1. The van der Waals surface area contributed by atoms with Crippen molar-refractivity contribution in [3.63, 3.8) is 0 Å². The van der Waals surface area contributed by atoms with Gasteiger partial charge in [0.25, 0.3) is 0 Å². The first kappa shape index (κ1) is 22.7. The number of rotatable bonds is 6. The fraction of sp³-hybridized carbons (Fsp3) is 0.409. The average Bonchev–Trinajstić information content (AvgIpc) is 2.72. The lowest BCUT2D eigenvalue weighted by Crippen LogP contribution is -2.47. The van der Waals surface area contributed by atoms with E-state index in [-0.39, 0.29) is 29.7 Å². The summed E-state index contributed by atoms with van der Waals surface area (Å²) in [6.45, 7) is 4.48. The predicted molar refractivity (Wildman–Crippen MR) is 115 cm³/mol. The fourth-order valence-electron chi connectivity index (χ4n) is 3.69. The maximum Gasteiger partial charge on any atom is 0.243 e. The molecule has 1 aliphatic heterocycles. The Kier molecular flexibility index (Phi) is 6.84. The third-order valence-corrected chi connectivity index (χ3v) is 7.65. The van der Waals surface area contributed by atoms with E-state index >= 15 is 0 Å². The van der Waals surface area contributed by atoms with Crippen molar-refractivity contribution in [2.24, 2.45) is 5.92 Å². The van der Waals surface area contributed by atoms with E-state index in [1.165, 1.54) is 34.6 Å². The Bertz CT molecular complexity index is 1010. The van der Waals surface area contributed by atoms with Gasteiger partial charge in [0.05, 0.1) is 10.8 Å². The van der Waals surface area contributed by atoms with Gasteiger partial charge in [0, 0.05) is 30.1 Å². The van der Waals surface area contributed by atoms with Crippen LogP contribution in [0.2, 0.25) is 5.02 Å². The molecule has 2 aromatic rings. The number of carbonyl (C=O) groups is 1. The van der Waals surface area contributed by atoms with Crippen LogP contribution in [0.4, 0.5) is 4.39 Å². The molecule has 1 aliphatic rings. The summed E-state index contributed by atoms with van der Waals surface area (Å²) in [7, 11) is -3.69. The van der Waals surface area contributed by atoms with Crippen molar-refractivity contribution in [2.75, 3.05) is 19.6 Å². The van der Waals surface area contributed by atoms with Crippen LogP contribution in [0.15, 0.2) is 53.4 Å². The van der Waals surface area contributed by atoms with Gasteiger partial charge in [-0.25, -0.2) is 12.8 Å². The van der Waals surface area contributed by atoms with E-state index < -0.39 is 21.4 Å². The van der Waals surface area contributed by atoms with Gasteiger partial charge in [0.15, 0.2) is 0 Å².